The van der Waals surface area contributed by atoms with E-state index in [-0.39, 0.29) is 16.8 Å². The Kier molecular flexibility index (Phi) is 2.37. The Morgan fingerprint density at radius 2 is 2.12 bits per heavy atom. The van der Waals surface area contributed by atoms with E-state index < -0.39 is 0 Å². The van der Waals surface area contributed by atoms with Crippen molar-refractivity contribution < 1.29 is 9.53 Å². The summed E-state index contributed by atoms with van der Waals surface area (Å²) in [6.07, 6.45) is 4.01. The highest BCUT2D eigenvalue weighted by Crippen LogP contribution is 2.67. The minimum Gasteiger partial charge on any atom is -0.469 e. The lowest BCUT2D eigenvalue weighted by atomic mass is 9.57. The van der Waals surface area contributed by atoms with Gasteiger partial charge >= 0.3 is 5.97 Å². The molecule has 0 spiro atoms. The van der Waals surface area contributed by atoms with Gasteiger partial charge in [-0.3, -0.25) is 4.79 Å². The fourth-order valence-corrected chi connectivity index (χ4v) is 4.10. The second-order valence-corrected chi connectivity index (χ2v) is 6.33. The Balaban J connectivity index is 1.88. The molecule has 1 aromatic rings. The third-order valence-corrected chi connectivity index (χ3v) is 4.98. The molecule has 0 aromatic heterocycles. The summed E-state index contributed by atoms with van der Waals surface area (Å²) in [4.78, 5) is 11.8. The molecule has 0 radical (unpaired) electrons. The Morgan fingerprint density at radius 1 is 1.35 bits per heavy atom. The molecule has 0 amide bonds. The van der Waals surface area contributed by atoms with Crippen LogP contribution < -0.4 is 0 Å². The number of carbonyl (C=O) groups excluding carboxylic acids is 1. The van der Waals surface area contributed by atoms with E-state index >= 15 is 0 Å². The summed E-state index contributed by atoms with van der Waals surface area (Å²) in [7, 11) is 1.49. The molecule has 3 aliphatic rings. The highest BCUT2D eigenvalue weighted by atomic mass is 79.9. The third kappa shape index (κ3) is 1.48. The first-order chi connectivity index (χ1) is 8.10. The lowest BCUT2D eigenvalue weighted by molar-refractivity contribution is -0.158. The minimum atomic E-state index is -0.170. The van der Waals surface area contributed by atoms with Gasteiger partial charge in [0.1, 0.15) is 0 Å². The number of ether oxygens (including phenoxy) is 1. The van der Waals surface area contributed by atoms with Gasteiger partial charge in [0.25, 0.3) is 0 Å². The summed E-state index contributed by atoms with van der Waals surface area (Å²) >= 11 is 3.52. The van der Waals surface area contributed by atoms with Crippen molar-refractivity contribution in [3.05, 3.63) is 34.3 Å². The van der Waals surface area contributed by atoms with Crippen molar-refractivity contribution in [2.24, 2.45) is 5.41 Å². The number of rotatable bonds is 2. The van der Waals surface area contributed by atoms with Crippen molar-refractivity contribution in [3.63, 3.8) is 0 Å². The zero-order valence-corrected chi connectivity index (χ0v) is 11.4. The summed E-state index contributed by atoms with van der Waals surface area (Å²) in [6, 6.07) is 8.48. The molecular formula is C14H15BrO2. The van der Waals surface area contributed by atoms with Gasteiger partial charge in [-0.1, -0.05) is 28.1 Å². The fraction of sp³-hybridized carbons (Fsp3) is 0.500. The van der Waals surface area contributed by atoms with Gasteiger partial charge in [-0.2, -0.15) is 0 Å². The van der Waals surface area contributed by atoms with Gasteiger partial charge in [0.2, 0.25) is 0 Å². The van der Waals surface area contributed by atoms with E-state index in [1.165, 1.54) is 12.7 Å². The highest BCUT2D eigenvalue weighted by molar-refractivity contribution is 9.10. The Hall–Kier alpha value is -0.830. The zero-order valence-electron chi connectivity index (χ0n) is 9.83. The second kappa shape index (κ2) is 3.58. The first-order valence-corrected chi connectivity index (χ1v) is 6.74. The number of carbonyl (C=O) groups is 1. The van der Waals surface area contributed by atoms with Crippen LogP contribution in [0.25, 0.3) is 0 Å². The number of halogens is 1. The summed E-state index contributed by atoms with van der Waals surface area (Å²) in [6.45, 7) is 0. The maximum atomic E-state index is 11.8. The molecule has 3 saturated carbocycles. The van der Waals surface area contributed by atoms with E-state index in [0.29, 0.717) is 0 Å². The quantitative estimate of drug-likeness (QED) is 0.781. The third-order valence-electron chi connectivity index (χ3n) is 4.49. The molecule has 90 valence electrons. The van der Waals surface area contributed by atoms with E-state index in [1.54, 1.807) is 0 Å². The molecule has 1 aromatic carbocycles. The summed E-state index contributed by atoms with van der Waals surface area (Å²) in [5.74, 6) is -0.0133. The van der Waals surface area contributed by atoms with Crippen molar-refractivity contribution in [1.82, 2.24) is 0 Å². The van der Waals surface area contributed by atoms with E-state index in [2.05, 4.69) is 34.1 Å². The number of hydrogen-bond acceptors (Lipinski definition) is 2. The Morgan fingerprint density at radius 3 is 2.76 bits per heavy atom. The van der Waals surface area contributed by atoms with Crippen LogP contribution in [0.5, 0.6) is 0 Å². The molecule has 3 fully saturated rings. The molecular weight excluding hydrogens is 280 g/mol. The average molecular weight is 295 g/mol. The van der Waals surface area contributed by atoms with E-state index in [0.717, 1.165) is 30.2 Å². The SMILES string of the molecule is COC(=O)C12CCC(c3cccc(Br)c3)(C1)C2. The molecule has 17 heavy (non-hydrogen) atoms. The van der Waals surface area contributed by atoms with Crippen LogP contribution in [0.15, 0.2) is 28.7 Å². The summed E-state index contributed by atoms with van der Waals surface area (Å²) < 4.78 is 6.05. The molecule has 0 atom stereocenters. The molecule has 0 saturated heterocycles. The second-order valence-electron chi connectivity index (χ2n) is 5.42. The molecule has 3 aliphatic carbocycles. The molecule has 2 bridgehead atoms. The zero-order chi connectivity index (χ0) is 12.1. The van der Waals surface area contributed by atoms with Crippen LogP contribution in [0.1, 0.15) is 31.2 Å². The predicted molar refractivity (Wildman–Crippen MR) is 68.7 cm³/mol. The Bertz CT molecular complexity index is 475. The first-order valence-electron chi connectivity index (χ1n) is 5.95. The maximum absolute atomic E-state index is 11.8. The van der Waals surface area contributed by atoms with Crippen molar-refractivity contribution >= 4 is 21.9 Å². The maximum Gasteiger partial charge on any atom is 0.311 e. The molecule has 2 nitrogen and oxygen atoms in total. The number of methoxy groups -OCH3 is 1. The number of esters is 1. The lowest BCUT2D eigenvalue weighted by Gasteiger charge is -2.45. The van der Waals surface area contributed by atoms with Crippen LogP contribution >= 0.6 is 15.9 Å². The number of fused-ring (bicyclic) bond motifs is 1. The van der Waals surface area contributed by atoms with Gasteiger partial charge in [-0.05, 0) is 48.8 Å². The first kappa shape index (κ1) is 11.3. The van der Waals surface area contributed by atoms with Crippen molar-refractivity contribution in [3.8, 4) is 0 Å². The van der Waals surface area contributed by atoms with Gasteiger partial charge < -0.3 is 4.74 Å². The van der Waals surface area contributed by atoms with Gasteiger partial charge in [0, 0.05) is 4.47 Å². The topological polar surface area (TPSA) is 26.3 Å². The molecule has 0 N–H and O–H groups in total. The van der Waals surface area contributed by atoms with E-state index in [4.69, 9.17) is 4.74 Å². The van der Waals surface area contributed by atoms with Crippen LogP contribution in [-0.4, -0.2) is 13.1 Å². The van der Waals surface area contributed by atoms with Crippen LogP contribution in [0.2, 0.25) is 0 Å². The van der Waals surface area contributed by atoms with Crippen molar-refractivity contribution in [1.29, 1.82) is 0 Å². The highest BCUT2D eigenvalue weighted by Gasteiger charge is 2.65. The van der Waals surface area contributed by atoms with Gasteiger partial charge in [-0.25, -0.2) is 0 Å². The van der Waals surface area contributed by atoms with Crippen molar-refractivity contribution in [2.75, 3.05) is 7.11 Å². The molecule has 3 heteroatoms. The molecule has 4 rings (SSSR count). The minimum absolute atomic E-state index is 0.0133. The van der Waals surface area contributed by atoms with Gasteiger partial charge in [0.05, 0.1) is 12.5 Å². The van der Waals surface area contributed by atoms with Crippen LogP contribution in [0.4, 0.5) is 0 Å². The fourth-order valence-electron chi connectivity index (χ4n) is 3.71. The van der Waals surface area contributed by atoms with E-state index in [9.17, 15) is 4.79 Å². The van der Waals surface area contributed by atoms with Crippen LogP contribution in [-0.2, 0) is 14.9 Å². The van der Waals surface area contributed by atoms with Crippen molar-refractivity contribution in [2.45, 2.75) is 31.1 Å². The number of hydrogen-bond donors (Lipinski definition) is 0. The molecule has 0 unspecified atom stereocenters. The lowest BCUT2D eigenvalue weighted by Crippen LogP contribution is -2.46. The average Bonchev–Trinajstić information content (AvgIpc) is 2.84. The summed E-state index contributed by atoms with van der Waals surface area (Å²) in [5.41, 5.74) is 1.43. The molecule has 0 heterocycles. The van der Waals surface area contributed by atoms with E-state index in [1.807, 2.05) is 6.07 Å². The van der Waals surface area contributed by atoms with Gasteiger partial charge in [-0.15, -0.1) is 0 Å². The van der Waals surface area contributed by atoms with Gasteiger partial charge in [0.15, 0.2) is 0 Å². The predicted octanol–water partition coefficient (Wildman–Crippen LogP) is 3.43. The smallest absolute Gasteiger partial charge is 0.311 e. The molecule has 0 aliphatic heterocycles. The van der Waals surface area contributed by atoms with Crippen LogP contribution in [0, 0.1) is 5.41 Å². The summed E-state index contributed by atoms with van der Waals surface area (Å²) in [5, 5.41) is 0. The Labute approximate surface area is 109 Å². The normalized spacial score (nSPS) is 34.2. The largest absolute Gasteiger partial charge is 0.469 e. The number of benzene rings is 1. The monoisotopic (exact) mass is 294 g/mol. The standard InChI is InChI=1S/C14H15BrO2/c1-17-12(16)14-6-5-13(8-14,9-14)10-3-2-4-11(15)7-10/h2-4,7H,5-6,8-9H2,1H3. The van der Waals surface area contributed by atoms with Crippen LogP contribution in [0.3, 0.4) is 0 Å².